The smallest absolute Gasteiger partial charge is 0.309 e. The zero-order valence-corrected chi connectivity index (χ0v) is 33.7. The number of carbonyl (C=O) groups excluding carboxylic acids is 5. The lowest BCUT2D eigenvalue weighted by atomic mass is 9.79. The second kappa shape index (κ2) is 20.9. The van der Waals surface area contributed by atoms with Gasteiger partial charge in [0.1, 0.15) is 11.6 Å². The van der Waals surface area contributed by atoms with Gasteiger partial charge in [0, 0.05) is 64.4 Å². The molecule has 1 saturated heterocycles. The molecule has 1 aliphatic rings. The van der Waals surface area contributed by atoms with Crippen molar-refractivity contribution in [2.24, 2.45) is 40.7 Å². The van der Waals surface area contributed by atoms with Crippen molar-refractivity contribution < 1.29 is 38.2 Å². The molecule has 1 aromatic rings. The lowest BCUT2D eigenvalue weighted by Crippen LogP contribution is -2.54. The average Bonchev–Trinajstić information content (AvgIpc) is 3.62. The van der Waals surface area contributed by atoms with Crippen LogP contribution in [0, 0.1) is 35.0 Å². The van der Waals surface area contributed by atoms with Gasteiger partial charge in [-0.05, 0) is 36.7 Å². The lowest BCUT2D eigenvalue weighted by Gasteiger charge is -2.41. The fourth-order valence-corrected chi connectivity index (χ4v) is 7.53. The first-order chi connectivity index (χ1) is 24.5. The maximum Gasteiger partial charge on any atom is 0.309 e. The van der Waals surface area contributed by atoms with Gasteiger partial charge >= 0.3 is 5.97 Å². The van der Waals surface area contributed by atoms with E-state index in [-0.39, 0.29) is 67.1 Å². The molecule has 1 heterocycles. The van der Waals surface area contributed by atoms with E-state index in [0.29, 0.717) is 19.4 Å². The number of rotatable bonds is 22. The van der Waals surface area contributed by atoms with Crippen molar-refractivity contribution in [3.8, 4) is 0 Å². The Labute approximate surface area is 312 Å². The number of methoxy groups -OCH3 is 3. The molecular formula is C41H67N3O8. The number of nitrogens with two attached hydrogens (primary N) is 1. The third-order valence-electron chi connectivity index (χ3n) is 11.5. The highest BCUT2D eigenvalue weighted by Crippen LogP contribution is 2.32. The van der Waals surface area contributed by atoms with E-state index in [1.165, 1.54) is 7.11 Å². The van der Waals surface area contributed by atoms with E-state index < -0.39 is 47.4 Å². The number of hydrogen-bond acceptors (Lipinski definition) is 9. The molecule has 0 radical (unpaired) electrons. The zero-order valence-electron chi connectivity index (χ0n) is 33.7. The second-order valence-corrected chi connectivity index (χ2v) is 15.7. The summed E-state index contributed by atoms with van der Waals surface area (Å²) in [5.41, 5.74) is 6.08. The molecule has 11 nitrogen and oxygen atoms in total. The van der Waals surface area contributed by atoms with Crippen LogP contribution in [0.5, 0.6) is 0 Å². The van der Waals surface area contributed by atoms with Gasteiger partial charge in [-0.25, -0.2) is 0 Å². The molecule has 0 bridgehead atoms. The Hall–Kier alpha value is -3.15. The summed E-state index contributed by atoms with van der Waals surface area (Å²) in [5.74, 6) is -2.76. The number of Topliss-reactive ketones (excluding diaryl/α,β-unsaturated/α-hetero) is 2. The minimum absolute atomic E-state index is 0.00134. The van der Waals surface area contributed by atoms with Gasteiger partial charge in [0.25, 0.3) is 0 Å². The number of carbonyl (C=O) groups is 5. The SMILES string of the molecule is CC[C@H](C)[C@@H]([C@@H](CC(=O)N1CCC[C@H]1[C@H](OC)[C@@H](C)C(=O)C[C@@H](Cc1ccccc1)C(=O)OC)OC)N(C)C(=O)[C@@H](CC(=O)C(C)(C)CN)C(C)C. The highest BCUT2D eigenvalue weighted by molar-refractivity contribution is 5.90. The fourth-order valence-electron chi connectivity index (χ4n) is 7.53. The number of esters is 1. The largest absolute Gasteiger partial charge is 0.469 e. The Balaban J connectivity index is 2.28. The number of benzene rings is 1. The van der Waals surface area contributed by atoms with E-state index >= 15 is 0 Å². The van der Waals surface area contributed by atoms with Crippen molar-refractivity contribution in [1.82, 2.24) is 9.80 Å². The van der Waals surface area contributed by atoms with Crippen LogP contribution in [0.2, 0.25) is 0 Å². The van der Waals surface area contributed by atoms with Crippen molar-refractivity contribution in [3.63, 3.8) is 0 Å². The van der Waals surface area contributed by atoms with Crippen LogP contribution in [0.1, 0.15) is 92.6 Å². The minimum atomic E-state index is -0.733. The molecule has 52 heavy (non-hydrogen) atoms. The quantitative estimate of drug-likeness (QED) is 0.161. The molecule has 0 spiro atoms. The summed E-state index contributed by atoms with van der Waals surface area (Å²) in [7, 11) is 6.19. The maximum absolute atomic E-state index is 14.2. The lowest BCUT2D eigenvalue weighted by molar-refractivity contribution is -0.150. The summed E-state index contributed by atoms with van der Waals surface area (Å²) >= 11 is 0. The first-order valence-electron chi connectivity index (χ1n) is 19.0. The summed E-state index contributed by atoms with van der Waals surface area (Å²) < 4.78 is 17.0. The Morgan fingerprint density at radius 1 is 0.962 bits per heavy atom. The first kappa shape index (κ1) is 45.0. The molecule has 0 unspecified atom stereocenters. The molecule has 294 valence electrons. The molecule has 8 atom stereocenters. The van der Waals surface area contributed by atoms with Crippen LogP contribution < -0.4 is 5.73 Å². The molecule has 1 aromatic carbocycles. The van der Waals surface area contributed by atoms with Gasteiger partial charge in [-0.3, -0.25) is 24.0 Å². The zero-order chi connectivity index (χ0) is 39.3. The summed E-state index contributed by atoms with van der Waals surface area (Å²) in [6, 6.07) is 8.76. The number of hydrogen-bond donors (Lipinski definition) is 1. The second-order valence-electron chi connectivity index (χ2n) is 15.7. The van der Waals surface area contributed by atoms with Gasteiger partial charge in [0.15, 0.2) is 0 Å². The van der Waals surface area contributed by atoms with Gasteiger partial charge in [-0.1, -0.05) is 85.2 Å². The number of likely N-dealkylation sites (N-methyl/N-ethyl adjacent to an activating group) is 1. The standard InChI is InChI=1S/C41H67N3O8/c1-12-27(4)37(43(8)39(48)31(26(2)3)23-35(46)41(6,7)25-42)34(50-9)24-36(47)44-20-16-19-32(44)38(51-10)28(5)33(45)22-30(40(49)52-11)21-29-17-14-13-15-18-29/h13-15,17-18,26-28,30-32,34,37-38H,12,16,19-25,42H2,1-11H3/t27-,28-,30+,31-,32-,34+,37-,38+/m0/s1. The van der Waals surface area contributed by atoms with Crippen LogP contribution in [-0.4, -0.2) is 105 Å². The summed E-state index contributed by atoms with van der Waals surface area (Å²) in [6.45, 7) is 14.1. The number of ketones is 2. The van der Waals surface area contributed by atoms with E-state index in [1.54, 1.807) is 51.8 Å². The van der Waals surface area contributed by atoms with E-state index in [9.17, 15) is 24.0 Å². The molecule has 0 aliphatic carbocycles. The van der Waals surface area contributed by atoms with E-state index in [1.807, 2.05) is 58.0 Å². The van der Waals surface area contributed by atoms with Crippen LogP contribution in [0.25, 0.3) is 0 Å². The Bertz CT molecular complexity index is 1320. The van der Waals surface area contributed by atoms with E-state index in [0.717, 1.165) is 18.4 Å². The monoisotopic (exact) mass is 729 g/mol. The number of amides is 2. The van der Waals surface area contributed by atoms with Crippen molar-refractivity contribution in [1.29, 1.82) is 0 Å². The molecule has 2 rings (SSSR count). The number of likely N-dealkylation sites (tertiary alicyclic amines) is 1. The van der Waals surface area contributed by atoms with Crippen molar-refractivity contribution in [2.45, 2.75) is 118 Å². The molecule has 0 aromatic heterocycles. The average molecular weight is 730 g/mol. The summed E-state index contributed by atoms with van der Waals surface area (Å²) in [4.78, 5) is 71.4. The summed E-state index contributed by atoms with van der Waals surface area (Å²) in [5, 5.41) is 0. The predicted octanol–water partition coefficient (Wildman–Crippen LogP) is 5.11. The van der Waals surface area contributed by atoms with Crippen LogP contribution in [-0.2, 0) is 44.6 Å². The first-order valence-corrected chi connectivity index (χ1v) is 19.0. The van der Waals surface area contributed by atoms with Crippen molar-refractivity contribution >= 4 is 29.4 Å². The molecule has 11 heteroatoms. The molecule has 2 N–H and O–H groups in total. The van der Waals surface area contributed by atoms with E-state index in [2.05, 4.69) is 0 Å². The van der Waals surface area contributed by atoms with Crippen LogP contribution >= 0.6 is 0 Å². The maximum atomic E-state index is 14.2. The molecule has 1 fully saturated rings. The third kappa shape index (κ3) is 11.7. The highest BCUT2D eigenvalue weighted by atomic mass is 16.5. The van der Waals surface area contributed by atoms with E-state index in [4.69, 9.17) is 19.9 Å². The molecule has 2 amide bonds. The van der Waals surface area contributed by atoms with Crippen LogP contribution in [0.15, 0.2) is 30.3 Å². The van der Waals surface area contributed by atoms with Gasteiger partial charge in [0.05, 0.1) is 43.7 Å². The number of nitrogens with zero attached hydrogens (tertiary/aromatic N) is 2. The Kier molecular flexibility index (Phi) is 18.1. The van der Waals surface area contributed by atoms with Crippen LogP contribution in [0.4, 0.5) is 0 Å². The van der Waals surface area contributed by atoms with Crippen molar-refractivity contribution in [3.05, 3.63) is 35.9 Å². The van der Waals surface area contributed by atoms with Gasteiger partial charge in [-0.15, -0.1) is 0 Å². The normalized spacial score (nSPS) is 18.9. The third-order valence-corrected chi connectivity index (χ3v) is 11.5. The molecular weight excluding hydrogens is 662 g/mol. The molecule has 1 aliphatic heterocycles. The topological polar surface area (TPSA) is 146 Å². The van der Waals surface area contributed by atoms with Gasteiger partial charge < -0.3 is 29.7 Å². The number of ether oxygens (including phenoxy) is 3. The van der Waals surface area contributed by atoms with Crippen LogP contribution in [0.3, 0.4) is 0 Å². The Morgan fingerprint density at radius 3 is 2.12 bits per heavy atom. The van der Waals surface area contributed by atoms with Gasteiger partial charge in [-0.2, -0.15) is 0 Å². The summed E-state index contributed by atoms with van der Waals surface area (Å²) in [6.07, 6.45) is 1.48. The predicted molar refractivity (Wildman–Crippen MR) is 202 cm³/mol. The minimum Gasteiger partial charge on any atom is -0.469 e. The highest BCUT2D eigenvalue weighted by Gasteiger charge is 2.43. The van der Waals surface area contributed by atoms with Gasteiger partial charge in [0.2, 0.25) is 11.8 Å². The molecule has 0 saturated carbocycles. The fraction of sp³-hybridized carbons (Fsp3) is 0.732. The Morgan fingerprint density at radius 2 is 1.60 bits per heavy atom. The van der Waals surface area contributed by atoms with Crippen molar-refractivity contribution in [2.75, 3.05) is 41.5 Å².